The Labute approximate surface area is 104 Å². The maximum Gasteiger partial charge on any atom is 0.226 e. The second-order valence-electron chi connectivity index (χ2n) is 5.10. The molecule has 1 aliphatic rings. The SMILES string of the molecule is CCC1(C(=O)NCCC(N)COC)CCCC1. The minimum Gasteiger partial charge on any atom is -0.383 e. The predicted octanol–water partition coefficient (Wildman–Crippen LogP) is 1.44. The molecular weight excluding hydrogens is 216 g/mol. The topological polar surface area (TPSA) is 64.4 Å². The van der Waals surface area contributed by atoms with E-state index in [0.717, 1.165) is 25.7 Å². The van der Waals surface area contributed by atoms with Crippen molar-refractivity contribution in [3.05, 3.63) is 0 Å². The average molecular weight is 242 g/mol. The number of hydrogen-bond acceptors (Lipinski definition) is 3. The fourth-order valence-electron chi connectivity index (χ4n) is 2.65. The number of ether oxygens (including phenoxy) is 1. The van der Waals surface area contributed by atoms with Crippen molar-refractivity contribution in [2.75, 3.05) is 20.3 Å². The Hall–Kier alpha value is -0.610. The summed E-state index contributed by atoms with van der Waals surface area (Å²) in [5.74, 6) is 0.224. The van der Waals surface area contributed by atoms with Crippen molar-refractivity contribution in [1.29, 1.82) is 0 Å². The number of amides is 1. The molecular formula is C13H26N2O2. The van der Waals surface area contributed by atoms with E-state index in [9.17, 15) is 4.79 Å². The molecule has 1 fully saturated rings. The van der Waals surface area contributed by atoms with Crippen molar-refractivity contribution < 1.29 is 9.53 Å². The van der Waals surface area contributed by atoms with Gasteiger partial charge in [-0.3, -0.25) is 4.79 Å². The highest BCUT2D eigenvalue weighted by Gasteiger charge is 2.38. The van der Waals surface area contributed by atoms with Crippen LogP contribution in [-0.2, 0) is 9.53 Å². The van der Waals surface area contributed by atoms with Gasteiger partial charge in [0.1, 0.15) is 0 Å². The van der Waals surface area contributed by atoms with Gasteiger partial charge in [0.25, 0.3) is 0 Å². The summed E-state index contributed by atoms with van der Waals surface area (Å²) in [6.45, 7) is 3.32. The minimum absolute atomic E-state index is 0.0152. The number of nitrogens with one attached hydrogen (secondary N) is 1. The molecule has 1 aliphatic carbocycles. The van der Waals surface area contributed by atoms with Crippen molar-refractivity contribution in [3.8, 4) is 0 Å². The Morgan fingerprint density at radius 2 is 2.12 bits per heavy atom. The third-order valence-electron chi connectivity index (χ3n) is 3.90. The second kappa shape index (κ2) is 6.97. The molecule has 0 spiro atoms. The van der Waals surface area contributed by atoms with Crippen LogP contribution >= 0.6 is 0 Å². The van der Waals surface area contributed by atoms with Gasteiger partial charge in [-0.15, -0.1) is 0 Å². The van der Waals surface area contributed by atoms with E-state index in [-0.39, 0.29) is 17.4 Å². The first-order valence-electron chi connectivity index (χ1n) is 6.67. The van der Waals surface area contributed by atoms with Gasteiger partial charge < -0.3 is 15.8 Å². The second-order valence-corrected chi connectivity index (χ2v) is 5.10. The lowest BCUT2D eigenvalue weighted by molar-refractivity contribution is -0.131. The molecule has 0 bridgehead atoms. The van der Waals surface area contributed by atoms with Crippen molar-refractivity contribution >= 4 is 5.91 Å². The molecule has 100 valence electrons. The lowest BCUT2D eigenvalue weighted by Gasteiger charge is -2.26. The summed E-state index contributed by atoms with van der Waals surface area (Å²) in [5, 5.41) is 3.03. The number of hydrogen-bond donors (Lipinski definition) is 2. The van der Waals surface area contributed by atoms with Gasteiger partial charge in [0, 0.05) is 25.1 Å². The van der Waals surface area contributed by atoms with Gasteiger partial charge in [0.2, 0.25) is 5.91 Å². The van der Waals surface area contributed by atoms with Gasteiger partial charge in [-0.1, -0.05) is 19.8 Å². The normalized spacial score (nSPS) is 20.2. The van der Waals surface area contributed by atoms with E-state index in [1.54, 1.807) is 7.11 Å². The van der Waals surface area contributed by atoms with Crippen LogP contribution in [0.3, 0.4) is 0 Å². The number of methoxy groups -OCH3 is 1. The highest BCUT2D eigenvalue weighted by atomic mass is 16.5. The molecule has 1 unspecified atom stereocenters. The molecule has 4 nitrogen and oxygen atoms in total. The number of carbonyl (C=O) groups excluding carboxylic acids is 1. The maximum absolute atomic E-state index is 12.2. The molecule has 0 heterocycles. The Kier molecular flexibility index (Phi) is 5.92. The van der Waals surface area contributed by atoms with Crippen molar-refractivity contribution in [2.24, 2.45) is 11.1 Å². The summed E-state index contributed by atoms with van der Waals surface area (Å²) in [6.07, 6.45) is 6.18. The summed E-state index contributed by atoms with van der Waals surface area (Å²) >= 11 is 0. The first kappa shape index (κ1) is 14.5. The van der Waals surface area contributed by atoms with Crippen LogP contribution in [-0.4, -0.2) is 32.2 Å². The van der Waals surface area contributed by atoms with Crippen LogP contribution in [0.5, 0.6) is 0 Å². The molecule has 0 aliphatic heterocycles. The van der Waals surface area contributed by atoms with E-state index in [4.69, 9.17) is 10.5 Å². The number of rotatable bonds is 7. The van der Waals surface area contributed by atoms with Crippen LogP contribution in [0, 0.1) is 5.41 Å². The van der Waals surface area contributed by atoms with Gasteiger partial charge in [-0.25, -0.2) is 0 Å². The number of carbonyl (C=O) groups is 1. The molecule has 0 aromatic heterocycles. The van der Waals surface area contributed by atoms with Crippen molar-refractivity contribution in [1.82, 2.24) is 5.32 Å². The first-order valence-corrected chi connectivity index (χ1v) is 6.67. The highest BCUT2D eigenvalue weighted by Crippen LogP contribution is 2.40. The Bertz CT molecular complexity index is 238. The Morgan fingerprint density at radius 3 is 2.65 bits per heavy atom. The molecule has 1 saturated carbocycles. The fourth-order valence-corrected chi connectivity index (χ4v) is 2.65. The summed E-state index contributed by atoms with van der Waals surface area (Å²) in [4.78, 5) is 12.2. The van der Waals surface area contributed by atoms with E-state index < -0.39 is 0 Å². The van der Waals surface area contributed by atoms with Crippen molar-refractivity contribution in [3.63, 3.8) is 0 Å². The molecule has 0 aromatic carbocycles. The third kappa shape index (κ3) is 3.96. The molecule has 4 heteroatoms. The quantitative estimate of drug-likeness (QED) is 0.710. The molecule has 0 aromatic rings. The molecule has 0 radical (unpaired) electrons. The maximum atomic E-state index is 12.2. The van der Waals surface area contributed by atoms with E-state index in [2.05, 4.69) is 12.2 Å². The van der Waals surface area contributed by atoms with Crippen LogP contribution in [0.1, 0.15) is 45.4 Å². The Morgan fingerprint density at radius 1 is 1.47 bits per heavy atom. The average Bonchev–Trinajstić information content (AvgIpc) is 2.79. The van der Waals surface area contributed by atoms with E-state index in [1.165, 1.54) is 12.8 Å². The predicted molar refractivity (Wildman–Crippen MR) is 68.7 cm³/mol. The summed E-state index contributed by atoms with van der Waals surface area (Å²) in [7, 11) is 1.64. The minimum atomic E-state index is -0.0919. The first-order chi connectivity index (χ1) is 8.14. The lowest BCUT2D eigenvalue weighted by atomic mass is 9.82. The van der Waals surface area contributed by atoms with Crippen LogP contribution in [0.15, 0.2) is 0 Å². The molecule has 1 amide bonds. The fraction of sp³-hybridized carbons (Fsp3) is 0.923. The van der Waals surface area contributed by atoms with Gasteiger partial charge in [-0.2, -0.15) is 0 Å². The van der Waals surface area contributed by atoms with Gasteiger partial charge in [-0.05, 0) is 25.7 Å². The van der Waals surface area contributed by atoms with Crippen LogP contribution in [0.25, 0.3) is 0 Å². The molecule has 0 saturated heterocycles. The Balaban J connectivity index is 2.28. The smallest absolute Gasteiger partial charge is 0.226 e. The van der Waals surface area contributed by atoms with Crippen LogP contribution in [0.2, 0.25) is 0 Å². The summed E-state index contributed by atoms with van der Waals surface area (Å²) in [6, 6.07) is 0.0152. The lowest BCUT2D eigenvalue weighted by Crippen LogP contribution is -2.41. The largest absolute Gasteiger partial charge is 0.383 e. The van der Waals surface area contributed by atoms with Gasteiger partial charge >= 0.3 is 0 Å². The molecule has 1 atom stereocenters. The van der Waals surface area contributed by atoms with E-state index >= 15 is 0 Å². The zero-order valence-electron chi connectivity index (χ0n) is 11.1. The zero-order chi connectivity index (χ0) is 12.7. The van der Waals surface area contributed by atoms with E-state index in [1.807, 2.05) is 0 Å². The third-order valence-corrected chi connectivity index (χ3v) is 3.90. The van der Waals surface area contributed by atoms with Crippen LogP contribution < -0.4 is 11.1 Å². The summed E-state index contributed by atoms with van der Waals surface area (Å²) < 4.78 is 4.96. The van der Waals surface area contributed by atoms with Gasteiger partial charge in [0.05, 0.1) is 6.61 Å². The van der Waals surface area contributed by atoms with Crippen molar-refractivity contribution in [2.45, 2.75) is 51.5 Å². The van der Waals surface area contributed by atoms with E-state index in [0.29, 0.717) is 13.2 Å². The zero-order valence-corrected chi connectivity index (χ0v) is 11.1. The standard InChI is InChI=1S/C13H26N2O2/c1-3-13(7-4-5-8-13)12(16)15-9-6-11(14)10-17-2/h11H,3-10,14H2,1-2H3,(H,15,16). The molecule has 17 heavy (non-hydrogen) atoms. The molecule has 1 rings (SSSR count). The van der Waals surface area contributed by atoms with Gasteiger partial charge in [0.15, 0.2) is 0 Å². The molecule has 3 N–H and O–H groups in total. The summed E-state index contributed by atoms with van der Waals surface area (Å²) in [5.41, 5.74) is 5.72. The van der Waals surface area contributed by atoms with Crippen LogP contribution in [0.4, 0.5) is 0 Å². The monoisotopic (exact) mass is 242 g/mol. The number of nitrogens with two attached hydrogens (primary N) is 1. The highest BCUT2D eigenvalue weighted by molar-refractivity contribution is 5.82.